The first kappa shape index (κ1) is 22.3. The maximum absolute atomic E-state index is 13.0. The van der Waals surface area contributed by atoms with Crippen molar-refractivity contribution in [2.75, 3.05) is 18.4 Å². The standard InChI is InChI=1S/C19H23N5O6S2/c1-13-8-9-14(30-13)12-20-18-19(23-32(28,29)22-18)21-15-6-5-7-16(17(15)25)31(26,27)24-10-3-2-4-11-24/h5-9,25H,2-4,10-12H2,1H3,(H,20,22)(H,21,23). The van der Waals surface area contributed by atoms with Crippen LogP contribution < -0.4 is 10.0 Å². The fourth-order valence-electron chi connectivity index (χ4n) is 3.48. The van der Waals surface area contributed by atoms with Gasteiger partial charge in [-0.3, -0.25) is 4.99 Å². The predicted octanol–water partition coefficient (Wildman–Crippen LogP) is 1.73. The maximum Gasteiger partial charge on any atom is 0.345 e. The van der Waals surface area contributed by atoms with Crippen LogP contribution in [0.15, 0.2) is 49.0 Å². The fourth-order valence-corrected chi connectivity index (χ4v) is 5.92. The molecule has 3 N–H and O–H groups in total. The Morgan fingerprint density at radius 1 is 1.22 bits per heavy atom. The van der Waals surface area contributed by atoms with Gasteiger partial charge in [-0.05, 0) is 44.0 Å². The Labute approximate surface area is 186 Å². The highest BCUT2D eigenvalue weighted by Crippen LogP contribution is 2.34. The number of para-hydroxylation sites is 1. The van der Waals surface area contributed by atoms with Crippen LogP contribution in [-0.4, -0.2) is 51.0 Å². The van der Waals surface area contributed by atoms with Gasteiger partial charge in [0, 0.05) is 13.1 Å². The average Bonchev–Trinajstić information content (AvgIpc) is 3.30. The highest BCUT2D eigenvalue weighted by atomic mass is 32.2. The molecule has 1 fully saturated rings. The van der Waals surface area contributed by atoms with Gasteiger partial charge in [0.15, 0.2) is 17.4 Å². The van der Waals surface area contributed by atoms with E-state index in [0.717, 1.165) is 19.3 Å². The Kier molecular flexibility index (Phi) is 5.97. The molecule has 0 bridgehead atoms. The van der Waals surface area contributed by atoms with Gasteiger partial charge < -0.3 is 14.8 Å². The second-order valence-corrected chi connectivity index (χ2v) is 10.7. The van der Waals surface area contributed by atoms with Crippen molar-refractivity contribution in [2.45, 2.75) is 37.6 Å². The molecular formula is C19H23N5O6S2. The van der Waals surface area contributed by atoms with E-state index in [0.29, 0.717) is 24.6 Å². The summed E-state index contributed by atoms with van der Waals surface area (Å²) in [6.45, 7) is 2.60. The number of phenols is 1. The van der Waals surface area contributed by atoms with Gasteiger partial charge in [0.05, 0.1) is 12.2 Å². The molecule has 4 rings (SSSR count). The number of amidine groups is 2. The molecule has 2 aromatic rings. The summed E-state index contributed by atoms with van der Waals surface area (Å²) in [5.41, 5.74) is -0.0118. The van der Waals surface area contributed by atoms with Crippen molar-refractivity contribution in [3.8, 4) is 5.75 Å². The number of anilines is 1. The van der Waals surface area contributed by atoms with Crippen LogP contribution in [-0.2, 0) is 26.8 Å². The maximum atomic E-state index is 13.0. The lowest BCUT2D eigenvalue weighted by molar-refractivity contribution is 0.344. The third-order valence-electron chi connectivity index (χ3n) is 5.04. The van der Waals surface area contributed by atoms with Crippen molar-refractivity contribution in [2.24, 2.45) is 9.39 Å². The molecule has 3 heterocycles. The molecule has 1 aromatic heterocycles. The molecule has 1 saturated heterocycles. The summed E-state index contributed by atoms with van der Waals surface area (Å²) in [4.78, 5) is 3.92. The number of hydrogen-bond donors (Lipinski definition) is 3. The third kappa shape index (κ3) is 4.64. The van der Waals surface area contributed by atoms with Crippen LogP contribution in [0, 0.1) is 6.92 Å². The topological polar surface area (TPSA) is 154 Å². The number of sulfonamides is 1. The van der Waals surface area contributed by atoms with E-state index in [1.54, 1.807) is 19.1 Å². The zero-order chi connectivity index (χ0) is 22.9. The summed E-state index contributed by atoms with van der Waals surface area (Å²) >= 11 is 0. The van der Waals surface area contributed by atoms with E-state index in [1.165, 1.54) is 22.5 Å². The Morgan fingerprint density at radius 2 is 1.97 bits per heavy atom. The lowest BCUT2D eigenvalue weighted by Crippen LogP contribution is -2.35. The van der Waals surface area contributed by atoms with E-state index in [4.69, 9.17) is 4.42 Å². The van der Waals surface area contributed by atoms with E-state index in [1.807, 2.05) is 0 Å². The van der Waals surface area contributed by atoms with Crippen LogP contribution in [0.5, 0.6) is 5.75 Å². The molecule has 32 heavy (non-hydrogen) atoms. The Morgan fingerprint density at radius 3 is 2.66 bits per heavy atom. The number of nitrogens with one attached hydrogen (secondary N) is 2. The van der Waals surface area contributed by atoms with Crippen LogP contribution >= 0.6 is 0 Å². The Hall–Kier alpha value is -2.90. The first-order valence-corrected chi connectivity index (χ1v) is 12.9. The van der Waals surface area contributed by atoms with Gasteiger partial charge in [-0.15, -0.1) is 4.40 Å². The van der Waals surface area contributed by atoms with Crippen LogP contribution in [0.3, 0.4) is 0 Å². The number of aryl methyl sites for hydroxylation is 1. The lowest BCUT2D eigenvalue weighted by atomic mass is 10.2. The average molecular weight is 482 g/mol. The summed E-state index contributed by atoms with van der Waals surface area (Å²) in [6.07, 6.45) is 2.47. The van der Waals surface area contributed by atoms with Crippen molar-refractivity contribution in [3.05, 3.63) is 41.9 Å². The van der Waals surface area contributed by atoms with E-state index < -0.39 is 26.0 Å². The molecule has 0 saturated carbocycles. The molecule has 0 unspecified atom stereocenters. The van der Waals surface area contributed by atoms with E-state index in [9.17, 15) is 21.9 Å². The summed E-state index contributed by atoms with van der Waals surface area (Å²) in [5.74, 6) is 0.443. The minimum Gasteiger partial charge on any atom is -0.504 e. The molecule has 0 aliphatic carbocycles. The third-order valence-corrected chi connectivity index (χ3v) is 7.84. The second kappa shape index (κ2) is 8.56. The van der Waals surface area contributed by atoms with Gasteiger partial charge in [-0.25, -0.2) is 13.1 Å². The molecule has 172 valence electrons. The van der Waals surface area contributed by atoms with Gasteiger partial charge >= 0.3 is 10.2 Å². The van der Waals surface area contributed by atoms with Gasteiger partial charge in [0.25, 0.3) is 0 Å². The number of aromatic hydroxyl groups is 1. The largest absolute Gasteiger partial charge is 0.504 e. The number of phenolic OH excluding ortho intramolecular Hbond substituents is 1. The van der Waals surface area contributed by atoms with Crippen LogP contribution in [0.4, 0.5) is 5.69 Å². The van der Waals surface area contributed by atoms with Crippen molar-refractivity contribution < 1.29 is 26.4 Å². The minimum atomic E-state index is -4.03. The molecule has 1 aromatic carbocycles. The van der Waals surface area contributed by atoms with E-state index in [2.05, 4.69) is 19.4 Å². The molecular weight excluding hydrogens is 458 g/mol. The monoisotopic (exact) mass is 481 g/mol. The summed E-state index contributed by atoms with van der Waals surface area (Å²) in [7, 11) is -7.93. The number of benzene rings is 1. The van der Waals surface area contributed by atoms with Crippen LogP contribution in [0.2, 0.25) is 0 Å². The second-order valence-electron chi connectivity index (χ2n) is 7.44. The summed E-state index contributed by atoms with van der Waals surface area (Å²) in [6, 6.07) is 7.66. The Balaban J connectivity index is 1.61. The zero-order valence-corrected chi connectivity index (χ0v) is 18.9. The molecule has 13 heteroatoms. The quantitative estimate of drug-likeness (QED) is 0.550. The van der Waals surface area contributed by atoms with E-state index >= 15 is 0 Å². The normalized spacial score (nSPS) is 20.2. The molecule has 0 amide bonds. The smallest absolute Gasteiger partial charge is 0.345 e. The fraction of sp³-hybridized carbons (Fsp3) is 0.368. The molecule has 0 radical (unpaired) electrons. The molecule has 0 atom stereocenters. The van der Waals surface area contributed by atoms with Gasteiger partial charge in [0.1, 0.15) is 16.4 Å². The number of hydrogen-bond acceptors (Lipinski definition) is 8. The first-order valence-electron chi connectivity index (χ1n) is 9.98. The van der Waals surface area contributed by atoms with Crippen LogP contribution in [0.1, 0.15) is 30.8 Å². The number of nitrogens with zero attached hydrogens (tertiary/aromatic N) is 3. The SMILES string of the molecule is Cc1ccc(CN=C2NS(=O)(=O)N=C2Nc2cccc(S(=O)(=O)N3CCCCC3)c2O)o1. The summed E-state index contributed by atoms with van der Waals surface area (Å²) in [5, 5.41) is 13.4. The number of piperidine rings is 1. The van der Waals surface area contributed by atoms with E-state index in [-0.39, 0.29) is 28.8 Å². The van der Waals surface area contributed by atoms with Crippen molar-refractivity contribution in [3.63, 3.8) is 0 Å². The van der Waals surface area contributed by atoms with Gasteiger partial charge in [-0.2, -0.15) is 12.7 Å². The number of rotatable bonds is 5. The van der Waals surface area contributed by atoms with Crippen molar-refractivity contribution >= 4 is 37.6 Å². The highest BCUT2D eigenvalue weighted by Gasteiger charge is 2.31. The lowest BCUT2D eigenvalue weighted by Gasteiger charge is -2.26. The molecule has 2 aliphatic rings. The molecule has 2 aliphatic heterocycles. The molecule has 0 spiro atoms. The Bertz CT molecular complexity index is 1290. The minimum absolute atomic E-state index is 0.0118. The summed E-state index contributed by atoms with van der Waals surface area (Å²) < 4.78 is 62.5. The van der Waals surface area contributed by atoms with Crippen molar-refractivity contribution in [1.29, 1.82) is 0 Å². The highest BCUT2D eigenvalue weighted by molar-refractivity contribution is 7.89. The molecule has 11 nitrogen and oxygen atoms in total. The van der Waals surface area contributed by atoms with Gasteiger partial charge in [0.2, 0.25) is 10.0 Å². The van der Waals surface area contributed by atoms with Crippen LogP contribution in [0.25, 0.3) is 0 Å². The predicted molar refractivity (Wildman–Crippen MR) is 118 cm³/mol. The number of aliphatic imine (C=N–C) groups is 1. The zero-order valence-electron chi connectivity index (χ0n) is 17.3. The number of furan rings is 1. The first-order chi connectivity index (χ1) is 15.2. The van der Waals surface area contributed by atoms with Gasteiger partial charge in [-0.1, -0.05) is 12.5 Å². The van der Waals surface area contributed by atoms with Crippen molar-refractivity contribution in [1.82, 2.24) is 9.03 Å².